The van der Waals surface area contributed by atoms with E-state index in [1.165, 1.54) is 11.1 Å². The number of hydrogen-bond acceptors (Lipinski definition) is 4. The molecule has 0 bridgehead atoms. The number of rotatable bonds is 4. The topological polar surface area (TPSA) is 54.3 Å². The molecule has 1 amide bonds. The number of carbonyl (C=O) groups is 1. The summed E-state index contributed by atoms with van der Waals surface area (Å²) >= 11 is 0. The van der Waals surface area contributed by atoms with Crippen LogP contribution in [0.1, 0.15) is 36.6 Å². The van der Waals surface area contributed by atoms with E-state index in [9.17, 15) is 4.79 Å². The van der Waals surface area contributed by atoms with E-state index in [1.807, 2.05) is 9.58 Å². The number of likely N-dealkylation sites (tertiary alicyclic amines) is 1. The number of carbonyl (C=O) groups excluding carboxylic acids is 1. The molecule has 3 heterocycles. The quantitative estimate of drug-likeness (QED) is 0.845. The molecule has 6 heteroatoms. The normalized spacial score (nSPS) is 18.7. The Labute approximate surface area is 154 Å². The number of nitrogens with zero attached hydrogens (tertiary/aromatic N) is 5. The second kappa shape index (κ2) is 7.58. The lowest BCUT2D eigenvalue weighted by Crippen LogP contribution is -2.38. The number of piperidine rings is 1. The summed E-state index contributed by atoms with van der Waals surface area (Å²) in [5.41, 5.74) is 3.96. The molecule has 0 saturated carbocycles. The number of aromatic nitrogens is 3. The highest BCUT2D eigenvalue weighted by molar-refractivity contribution is 5.73. The Balaban J connectivity index is 1.30. The number of amides is 1. The molecule has 2 aromatic rings. The Morgan fingerprint density at radius 2 is 1.92 bits per heavy atom. The van der Waals surface area contributed by atoms with Crippen molar-refractivity contribution in [2.45, 2.75) is 45.8 Å². The molecule has 26 heavy (non-hydrogen) atoms. The van der Waals surface area contributed by atoms with Crippen LogP contribution in [0, 0.1) is 5.92 Å². The van der Waals surface area contributed by atoms with Crippen molar-refractivity contribution >= 4 is 5.91 Å². The molecule has 0 atom stereocenters. The number of hydrogen-bond donors (Lipinski definition) is 0. The highest BCUT2D eigenvalue weighted by Gasteiger charge is 2.22. The van der Waals surface area contributed by atoms with Crippen molar-refractivity contribution < 1.29 is 4.79 Å². The largest absolute Gasteiger partial charge is 0.343 e. The predicted octanol–water partition coefficient (Wildman–Crippen LogP) is 2.09. The zero-order chi connectivity index (χ0) is 17.9. The van der Waals surface area contributed by atoms with Crippen LogP contribution in [0.25, 0.3) is 0 Å². The molecule has 138 valence electrons. The van der Waals surface area contributed by atoms with Crippen LogP contribution in [0.5, 0.6) is 0 Å². The van der Waals surface area contributed by atoms with Gasteiger partial charge in [-0.2, -0.15) is 0 Å². The van der Waals surface area contributed by atoms with E-state index in [0.717, 1.165) is 64.2 Å². The average Bonchev–Trinajstić information content (AvgIpc) is 3.09. The van der Waals surface area contributed by atoms with E-state index in [0.29, 0.717) is 5.92 Å². The minimum atomic E-state index is 0.189. The molecule has 1 saturated heterocycles. The first-order chi connectivity index (χ1) is 12.7. The second-order valence-electron chi connectivity index (χ2n) is 7.61. The molecule has 0 aliphatic carbocycles. The molecule has 0 radical (unpaired) electrons. The molecule has 0 N–H and O–H groups in total. The van der Waals surface area contributed by atoms with Crippen molar-refractivity contribution in [2.24, 2.45) is 5.92 Å². The van der Waals surface area contributed by atoms with Crippen molar-refractivity contribution in [1.82, 2.24) is 24.8 Å². The van der Waals surface area contributed by atoms with Gasteiger partial charge in [0, 0.05) is 52.4 Å². The maximum Gasteiger partial charge on any atom is 0.219 e. The number of fused-ring (bicyclic) bond motifs is 1. The van der Waals surface area contributed by atoms with Crippen LogP contribution in [-0.2, 0) is 30.8 Å². The second-order valence-corrected chi connectivity index (χ2v) is 7.61. The van der Waals surface area contributed by atoms with Gasteiger partial charge in [-0.1, -0.05) is 29.5 Å². The Bertz CT molecular complexity index is 763. The van der Waals surface area contributed by atoms with E-state index < -0.39 is 0 Å². The third-order valence-corrected chi connectivity index (χ3v) is 5.69. The maximum absolute atomic E-state index is 11.4. The zero-order valence-corrected chi connectivity index (χ0v) is 15.5. The monoisotopic (exact) mass is 353 g/mol. The summed E-state index contributed by atoms with van der Waals surface area (Å²) in [6, 6.07) is 8.71. The van der Waals surface area contributed by atoms with Crippen LogP contribution in [0.15, 0.2) is 30.5 Å². The Hall–Kier alpha value is -2.21. The minimum absolute atomic E-state index is 0.189. The highest BCUT2D eigenvalue weighted by Crippen LogP contribution is 2.21. The molecule has 2 aliphatic heterocycles. The molecule has 4 rings (SSSR count). The van der Waals surface area contributed by atoms with Crippen molar-refractivity contribution in [3.63, 3.8) is 0 Å². The molecule has 1 aromatic carbocycles. The van der Waals surface area contributed by atoms with Gasteiger partial charge in [-0.25, -0.2) is 0 Å². The summed E-state index contributed by atoms with van der Waals surface area (Å²) in [6.45, 7) is 7.23. The molecule has 6 nitrogen and oxygen atoms in total. The molecule has 1 fully saturated rings. The Morgan fingerprint density at radius 1 is 1.15 bits per heavy atom. The fraction of sp³-hybridized carbons (Fsp3) is 0.550. The molecular weight excluding hydrogens is 326 g/mol. The van der Waals surface area contributed by atoms with E-state index in [1.54, 1.807) is 6.92 Å². The fourth-order valence-corrected chi connectivity index (χ4v) is 4.11. The van der Waals surface area contributed by atoms with Gasteiger partial charge in [0.2, 0.25) is 5.91 Å². The van der Waals surface area contributed by atoms with Crippen LogP contribution in [0.2, 0.25) is 0 Å². The minimum Gasteiger partial charge on any atom is -0.343 e. The predicted molar refractivity (Wildman–Crippen MR) is 99.3 cm³/mol. The van der Waals surface area contributed by atoms with E-state index in [-0.39, 0.29) is 5.91 Å². The number of benzene rings is 1. The van der Waals surface area contributed by atoms with Gasteiger partial charge >= 0.3 is 0 Å². The van der Waals surface area contributed by atoms with Gasteiger partial charge in [0.25, 0.3) is 0 Å². The lowest BCUT2D eigenvalue weighted by molar-refractivity contribution is -0.130. The SMILES string of the molecule is CC(=O)N1CCC(Cn2cc(CN3CCc4ccccc4C3)nn2)CC1. The summed E-state index contributed by atoms with van der Waals surface area (Å²) in [5.74, 6) is 0.775. The van der Waals surface area contributed by atoms with E-state index in [2.05, 4.69) is 45.7 Å². The first-order valence-electron chi connectivity index (χ1n) is 9.61. The third-order valence-electron chi connectivity index (χ3n) is 5.69. The van der Waals surface area contributed by atoms with Crippen LogP contribution in [0.3, 0.4) is 0 Å². The first kappa shape index (κ1) is 17.2. The van der Waals surface area contributed by atoms with Gasteiger partial charge in [-0.05, 0) is 36.3 Å². The fourth-order valence-electron chi connectivity index (χ4n) is 4.11. The van der Waals surface area contributed by atoms with Crippen LogP contribution in [0.4, 0.5) is 0 Å². The molecule has 0 spiro atoms. The molecule has 0 unspecified atom stereocenters. The van der Waals surface area contributed by atoms with Crippen molar-refractivity contribution in [3.05, 3.63) is 47.3 Å². The van der Waals surface area contributed by atoms with Gasteiger partial charge in [0.15, 0.2) is 0 Å². The van der Waals surface area contributed by atoms with Crippen LogP contribution >= 0.6 is 0 Å². The van der Waals surface area contributed by atoms with E-state index >= 15 is 0 Å². The standard InChI is InChI=1S/C20H27N5O/c1-16(26)24-10-6-17(7-11-24)12-25-15-20(21-22-25)14-23-9-8-18-4-2-3-5-19(18)13-23/h2-5,15,17H,6-14H2,1H3. The Morgan fingerprint density at radius 3 is 2.69 bits per heavy atom. The van der Waals surface area contributed by atoms with Gasteiger partial charge < -0.3 is 4.90 Å². The lowest BCUT2D eigenvalue weighted by Gasteiger charge is -2.31. The maximum atomic E-state index is 11.4. The average molecular weight is 353 g/mol. The summed E-state index contributed by atoms with van der Waals surface area (Å²) in [5, 5.41) is 8.72. The van der Waals surface area contributed by atoms with Gasteiger partial charge in [-0.3, -0.25) is 14.4 Å². The van der Waals surface area contributed by atoms with Crippen LogP contribution < -0.4 is 0 Å². The van der Waals surface area contributed by atoms with E-state index in [4.69, 9.17) is 0 Å². The van der Waals surface area contributed by atoms with Gasteiger partial charge in [0.1, 0.15) is 0 Å². The third kappa shape index (κ3) is 3.96. The lowest BCUT2D eigenvalue weighted by atomic mass is 9.97. The first-order valence-corrected chi connectivity index (χ1v) is 9.61. The van der Waals surface area contributed by atoms with Crippen molar-refractivity contribution in [1.29, 1.82) is 0 Å². The summed E-state index contributed by atoms with van der Waals surface area (Å²) in [4.78, 5) is 15.8. The summed E-state index contributed by atoms with van der Waals surface area (Å²) < 4.78 is 1.99. The Kier molecular flexibility index (Phi) is 5.02. The zero-order valence-electron chi connectivity index (χ0n) is 15.5. The molecular formula is C20H27N5O. The van der Waals surface area contributed by atoms with Crippen molar-refractivity contribution in [3.8, 4) is 0 Å². The smallest absolute Gasteiger partial charge is 0.219 e. The van der Waals surface area contributed by atoms with Gasteiger partial charge in [0.05, 0.1) is 5.69 Å². The highest BCUT2D eigenvalue weighted by atomic mass is 16.2. The van der Waals surface area contributed by atoms with Gasteiger partial charge in [-0.15, -0.1) is 5.10 Å². The molecule has 1 aromatic heterocycles. The summed E-state index contributed by atoms with van der Waals surface area (Å²) in [7, 11) is 0. The van der Waals surface area contributed by atoms with Crippen molar-refractivity contribution in [2.75, 3.05) is 19.6 Å². The summed E-state index contributed by atoms with van der Waals surface area (Å²) in [6.07, 6.45) is 5.31. The molecule has 2 aliphatic rings. The van der Waals surface area contributed by atoms with Crippen LogP contribution in [-0.4, -0.2) is 50.3 Å².